The standard InChI is InChI=1S/C8H17N3O/c1-11-5-4-10-7(6-11)2-3-8(9)12/h7,10H,2-6H2,1H3,(H2,9,12). The van der Waals surface area contributed by atoms with E-state index in [0.717, 1.165) is 26.1 Å². The fourth-order valence-corrected chi connectivity index (χ4v) is 1.50. The van der Waals surface area contributed by atoms with E-state index in [1.54, 1.807) is 0 Å². The molecule has 0 radical (unpaired) electrons. The SMILES string of the molecule is CN1CCNC(CCC(N)=O)C1. The molecule has 1 heterocycles. The maximum Gasteiger partial charge on any atom is 0.217 e. The lowest BCUT2D eigenvalue weighted by atomic mass is 10.1. The van der Waals surface area contributed by atoms with Crippen LogP contribution in [-0.2, 0) is 4.79 Å². The van der Waals surface area contributed by atoms with Gasteiger partial charge in [0.1, 0.15) is 0 Å². The quantitative estimate of drug-likeness (QED) is 0.582. The van der Waals surface area contributed by atoms with Crippen molar-refractivity contribution in [3.63, 3.8) is 0 Å². The highest BCUT2D eigenvalue weighted by Crippen LogP contribution is 2.02. The van der Waals surface area contributed by atoms with Gasteiger partial charge in [0, 0.05) is 32.1 Å². The van der Waals surface area contributed by atoms with Crippen molar-refractivity contribution in [1.82, 2.24) is 10.2 Å². The summed E-state index contributed by atoms with van der Waals surface area (Å²) in [6.45, 7) is 3.13. The number of rotatable bonds is 3. The summed E-state index contributed by atoms with van der Waals surface area (Å²) < 4.78 is 0. The van der Waals surface area contributed by atoms with Gasteiger partial charge in [0.15, 0.2) is 0 Å². The minimum absolute atomic E-state index is 0.204. The normalized spacial score (nSPS) is 25.6. The van der Waals surface area contributed by atoms with Crippen LogP contribution in [0.3, 0.4) is 0 Å². The average Bonchev–Trinajstić information content (AvgIpc) is 2.01. The summed E-state index contributed by atoms with van der Waals surface area (Å²) >= 11 is 0. The van der Waals surface area contributed by atoms with E-state index in [2.05, 4.69) is 17.3 Å². The number of nitrogens with two attached hydrogens (primary N) is 1. The Labute approximate surface area is 73.1 Å². The molecule has 1 rings (SSSR count). The molecule has 0 aromatic heterocycles. The smallest absolute Gasteiger partial charge is 0.217 e. The Morgan fingerprint density at radius 3 is 3.08 bits per heavy atom. The fourth-order valence-electron chi connectivity index (χ4n) is 1.50. The number of hydrogen-bond acceptors (Lipinski definition) is 3. The molecule has 0 spiro atoms. The third kappa shape index (κ3) is 3.19. The molecule has 4 nitrogen and oxygen atoms in total. The summed E-state index contributed by atoms with van der Waals surface area (Å²) in [7, 11) is 2.10. The maximum atomic E-state index is 10.5. The van der Waals surface area contributed by atoms with Crippen molar-refractivity contribution in [2.45, 2.75) is 18.9 Å². The van der Waals surface area contributed by atoms with Crippen molar-refractivity contribution in [3.05, 3.63) is 0 Å². The Morgan fingerprint density at radius 1 is 1.75 bits per heavy atom. The van der Waals surface area contributed by atoms with Crippen LogP contribution in [0.2, 0.25) is 0 Å². The molecule has 0 bridgehead atoms. The van der Waals surface area contributed by atoms with E-state index in [1.165, 1.54) is 0 Å². The van der Waals surface area contributed by atoms with E-state index in [9.17, 15) is 4.79 Å². The zero-order valence-electron chi connectivity index (χ0n) is 7.55. The number of likely N-dealkylation sites (N-methyl/N-ethyl adjacent to an activating group) is 1. The summed E-state index contributed by atoms with van der Waals surface area (Å²) in [5.74, 6) is -0.204. The Hall–Kier alpha value is -0.610. The summed E-state index contributed by atoms with van der Waals surface area (Å²) in [6.07, 6.45) is 1.35. The molecule has 4 heteroatoms. The topological polar surface area (TPSA) is 58.4 Å². The molecule has 0 aromatic rings. The Balaban J connectivity index is 2.18. The highest BCUT2D eigenvalue weighted by Gasteiger charge is 2.16. The van der Waals surface area contributed by atoms with Crippen LogP contribution < -0.4 is 11.1 Å². The second-order valence-corrected chi connectivity index (χ2v) is 3.42. The van der Waals surface area contributed by atoms with Gasteiger partial charge in [-0.05, 0) is 13.5 Å². The molecule has 1 aliphatic heterocycles. The van der Waals surface area contributed by atoms with Crippen LogP contribution in [0.4, 0.5) is 0 Å². The first-order chi connectivity index (χ1) is 5.68. The third-order valence-corrected chi connectivity index (χ3v) is 2.20. The molecule has 1 aliphatic rings. The van der Waals surface area contributed by atoms with Gasteiger partial charge in [-0.3, -0.25) is 4.79 Å². The summed E-state index contributed by atoms with van der Waals surface area (Å²) in [5.41, 5.74) is 5.06. The van der Waals surface area contributed by atoms with Crippen LogP contribution >= 0.6 is 0 Å². The Kier molecular flexibility index (Phi) is 3.49. The van der Waals surface area contributed by atoms with Gasteiger partial charge in [-0.25, -0.2) is 0 Å². The number of piperazine rings is 1. The molecular weight excluding hydrogens is 154 g/mol. The van der Waals surface area contributed by atoms with E-state index in [4.69, 9.17) is 5.73 Å². The summed E-state index contributed by atoms with van der Waals surface area (Å²) in [5, 5.41) is 3.36. The maximum absolute atomic E-state index is 10.5. The van der Waals surface area contributed by atoms with Crippen LogP contribution in [-0.4, -0.2) is 43.5 Å². The molecule has 1 amide bonds. The monoisotopic (exact) mass is 171 g/mol. The van der Waals surface area contributed by atoms with Gasteiger partial charge < -0.3 is 16.0 Å². The molecule has 3 N–H and O–H groups in total. The molecule has 1 fully saturated rings. The molecule has 70 valence electrons. The molecule has 0 aromatic carbocycles. The lowest BCUT2D eigenvalue weighted by Crippen LogP contribution is -2.49. The van der Waals surface area contributed by atoms with Crippen molar-refractivity contribution in [2.24, 2.45) is 5.73 Å². The van der Waals surface area contributed by atoms with E-state index >= 15 is 0 Å². The molecule has 1 atom stereocenters. The van der Waals surface area contributed by atoms with E-state index in [0.29, 0.717) is 12.5 Å². The average molecular weight is 171 g/mol. The second kappa shape index (κ2) is 4.42. The van der Waals surface area contributed by atoms with Gasteiger partial charge in [0.05, 0.1) is 0 Å². The Bertz CT molecular complexity index is 160. The second-order valence-electron chi connectivity index (χ2n) is 3.42. The first-order valence-electron chi connectivity index (χ1n) is 4.38. The van der Waals surface area contributed by atoms with E-state index in [-0.39, 0.29) is 5.91 Å². The van der Waals surface area contributed by atoms with Crippen molar-refractivity contribution in [1.29, 1.82) is 0 Å². The Morgan fingerprint density at radius 2 is 2.50 bits per heavy atom. The minimum Gasteiger partial charge on any atom is -0.370 e. The fraction of sp³-hybridized carbons (Fsp3) is 0.875. The van der Waals surface area contributed by atoms with Crippen LogP contribution in [0.25, 0.3) is 0 Å². The van der Waals surface area contributed by atoms with E-state index < -0.39 is 0 Å². The minimum atomic E-state index is -0.204. The molecule has 0 saturated carbocycles. The number of carbonyl (C=O) groups excluding carboxylic acids is 1. The molecule has 1 saturated heterocycles. The summed E-state index contributed by atoms with van der Waals surface area (Å²) in [4.78, 5) is 12.8. The van der Waals surface area contributed by atoms with Gasteiger partial charge >= 0.3 is 0 Å². The highest BCUT2D eigenvalue weighted by atomic mass is 16.1. The number of amides is 1. The lowest BCUT2D eigenvalue weighted by Gasteiger charge is -2.30. The van der Waals surface area contributed by atoms with Gasteiger partial charge in [-0.2, -0.15) is 0 Å². The molecule has 0 aliphatic carbocycles. The molecule has 1 unspecified atom stereocenters. The van der Waals surface area contributed by atoms with Gasteiger partial charge in [0.2, 0.25) is 5.91 Å². The zero-order chi connectivity index (χ0) is 8.97. The summed E-state index contributed by atoms with van der Waals surface area (Å²) in [6, 6.07) is 0.441. The predicted octanol–water partition coefficient (Wildman–Crippen LogP) is -0.844. The number of nitrogens with one attached hydrogen (secondary N) is 1. The van der Waals surface area contributed by atoms with Crippen molar-refractivity contribution >= 4 is 5.91 Å². The van der Waals surface area contributed by atoms with Gasteiger partial charge in [0.25, 0.3) is 0 Å². The molecule has 12 heavy (non-hydrogen) atoms. The largest absolute Gasteiger partial charge is 0.370 e. The predicted molar refractivity (Wildman–Crippen MR) is 47.7 cm³/mol. The highest BCUT2D eigenvalue weighted by molar-refractivity contribution is 5.73. The van der Waals surface area contributed by atoms with Crippen LogP contribution in [0.1, 0.15) is 12.8 Å². The first-order valence-corrected chi connectivity index (χ1v) is 4.38. The van der Waals surface area contributed by atoms with Gasteiger partial charge in [-0.1, -0.05) is 0 Å². The number of hydrogen-bond donors (Lipinski definition) is 2. The van der Waals surface area contributed by atoms with Crippen LogP contribution in [0, 0.1) is 0 Å². The number of primary amides is 1. The third-order valence-electron chi connectivity index (χ3n) is 2.20. The van der Waals surface area contributed by atoms with Crippen molar-refractivity contribution in [3.8, 4) is 0 Å². The van der Waals surface area contributed by atoms with E-state index in [1.807, 2.05) is 0 Å². The number of nitrogens with zero attached hydrogens (tertiary/aromatic N) is 1. The van der Waals surface area contributed by atoms with Crippen LogP contribution in [0.15, 0.2) is 0 Å². The zero-order valence-corrected chi connectivity index (χ0v) is 7.55. The van der Waals surface area contributed by atoms with Crippen molar-refractivity contribution < 1.29 is 4.79 Å². The first kappa shape index (κ1) is 9.48. The van der Waals surface area contributed by atoms with Crippen LogP contribution in [0.5, 0.6) is 0 Å². The number of carbonyl (C=O) groups is 1. The molecular formula is C8H17N3O. The lowest BCUT2D eigenvalue weighted by molar-refractivity contribution is -0.118. The van der Waals surface area contributed by atoms with Crippen molar-refractivity contribution in [2.75, 3.05) is 26.7 Å². The van der Waals surface area contributed by atoms with Gasteiger partial charge in [-0.15, -0.1) is 0 Å².